The van der Waals surface area contributed by atoms with E-state index in [1.165, 1.54) is 315 Å². The van der Waals surface area contributed by atoms with Crippen LogP contribution in [0.4, 0.5) is 0 Å². The first-order valence-corrected chi connectivity index (χ1v) is 39.9. The van der Waals surface area contributed by atoms with Gasteiger partial charge >= 0.3 is 23.9 Å². The second-order valence-electron chi connectivity index (χ2n) is 27.9. The van der Waals surface area contributed by atoms with Gasteiger partial charge < -0.3 is 29.8 Å². The Balaban J connectivity index is 5.05. The molecule has 0 aliphatic rings. The van der Waals surface area contributed by atoms with Crippen molar-refractivity contribution in [2.24, 2.45) is 5.73 Å². The summed E-state index contributed by atoms with van der Waals surface area (Å²) in [5.74, 6) is -1.36. The van der Waals surface area contributed by atoms with Crippen molar-refractivity contribution in [3.63, 3.8) is 0 Å². The maximum absolute atomic E-state index is 13.5. The van der Waals surface area contributed by atoms with Crippen LogP contribution < -0.4 is 5.73 Å². The molecule has 0 aromatic rings. The number of nitrogens with two attached hydrogens (primary N) is 1. The topological polar surface area (TPSA) is 155 Å². The highest BCUT2D eigenvalue weighted by Crippen LogP contribution is 2.20. The minimum Gasteiger partial charge on any atom is -0.468 e. The summed E-state index contributed by atoms with van der Waals surface area (Å²) in [6.45, 7) is 7.53. The average Bonchev–Trinajstić information content (AvgIpc) is 3.72. The highest BCUT2D eigenvalue weighted by atomic mass is 16.6. The number of unbranched alkanes of at least 4 members (excludes halogenated alkanes) is 55. The molecule has 534 valence electrons. The van der Waals surface area contributed by atoms with Crippen LogP contribution in [-0.4, -0.2) is 92.1 Å². The van der Waals surface area contributed by atoms with Crippen LogP contribution in [0.1, 0.15) is 425 Å². The highest BCUT2D eigenvalue weighted by molar-refractivity contribution is 5.75. The standard InChI is InChI=1S/C79H154N2O9/c1-5-8-11-14-17-20-23-26-29-32-35-38-41-44-47-50-53-56-59-65-76(83)88-71-73(82)69-81(68-63-62-64-75(80)79(86)87-4)70-74(90-78(85)67-61-58-55-52-49-46-43-40-37-34-31-28-25-22-19-16-13-10-7-3)72-89-77(84)66-60-57-54-51-48-45-42-39-36-33-30-27-24-21-18-15-12-9-6-2/h73-75,82H,5-72,80H2,1-4H3. The van der Waals surface area contributed by atoms with Crippen LogP contribution in [0.25, 0.3) is 0 Å². The van der Waals surface area contributed by atoms with Crippen LogP contribution >= 0.6 is 0 Å². The summed E-state index contributed by atoms with van der Waals surface area (Å²) in [4.78, 5) is 53.5. The molecule has 3 atom stereocenters. The maximum atomic E-state index is 13.5. The van der Waals surface area contributed by atoms with Gasteiger partial charge in [0.25, 0.3) is 0 Å². The molecular formula is C79H154N2O9. The molecule has 0 aliphatic carbocycles. The third-order valence-corrected chi connectivity index (χ3v) is 18.8. The smallest absolute Gasteiger partial charge is 0.322 e. The number of aliphatic hydroxyl groups excluding tert-OH is 1. The van der Waals surface area contributed by atoms with E-state index in [1.54, 1.807) is 0 Å². The summed E-state index contributed by atoms with van der Waals surface area (Å²) < 4.78 is 22.4. The van der Waals surface area contributed by atoms with Crippen LogP contribution in [0, 0.1) is 0 Å². The Hall–Kier alpha value is -2.24. The van der Waals surface area contributed by atoms with Crippen LogP contribution in [0.15, 0.2) is 0 Å². The molecule has 0 aromatic heterocycles. The molecule has 0 spiro atoms. The molecule has 0 bridgehead atoms. The van der Waals surface area contributed by atoms with Gasteiger partial charge in [0.1, 0.15) is 31.5 Å². The van der Waals surface area contributed by atoms with E-state index in [0.29, 0.717) is 45.1 Å². The van der Waals surface area contributed by atoms with E-state index in [2.05, 4.69) is 20.8 Å². The summed E-state index contributed by atoms with van der Waals surface area (Å²) in [5, 5.41) is 11.3. The van der Waals surface area contributed by atoms with Gasteiger partial charge in [0.15, 0.2) is 0 Å². The van der Waals surface area contributed by atoms with Gasteiger partial charge in [-0.3, -0.25) is 24.1 Å². The third-order valence-electron chi connectivity index (χ3n) is 18.8. The largest absolute Gasteiger partial charge is 0.468 e. The third kappa shape index (κ3) is 67.2. The molecule has 0 aromatic carbocycles. The molecule has 0 heterocycles. The number of nitrogens with zero attached hydrogens (tertiary/aromatic N) is 1. The van der Waals surface area contributed by atoms with Gasteiger partial charge in [-0.15, -0.1) is 0 Å². The number of carbonyl (C=O) groups excluding carboxylic acids is 4. The number of carbonyl (C=O) groups is 4. The van der Waals surface area contributed by atoms with Crippen molar-refractivity contribution in [1.29, 1.82) is 0 Å². The number of ether oxygens (including phenoxy) is 4. The summed E-state index contributed by atoms with van der Waals surface area (Å²) in [6.07, 6.45) is 74.6. The first-order valence-electron chi connectivity index (χ1n) is 39.9. The Morgan fingerprint density at radius 3 is 0.867 bits per heavy atom. The Morgan fingerprint density at radius 2 is 0.589 bits per heavy atom. The van der Waals surface area contributed by atoms with Crippen LogP contribution in [0.5, 0.6) is 0 Å². The number of hydrogen-bond acceptors (Lipinski definition) is 11. The number of methoxy groups -OCH3 is 1. The Morgan fingerprint density at radius 1 is 0.333 bits per heavy atom. The van der Waals surface area contributed by atoms with Crippen molar-refractivity contribution in [2.75, 3.05) is 40.0 Å². The number of hydrogen-bond donors (Lipinski definition) is 2. The summed E-state index contributed by atoms with van der Waals surface area (Å²) in [7, 11) is 1.33. The first-order chi connectivity index (χ1) is 44.2. The summed E-state index contributed by atoms with van der Waals surface area (Å²) in [5.41, 5.74) is 6.07. The fraction of sp³-hybridized carbons (Fsp3) is 0.949. The van der Waals surface area contributed by atoms with E-state index in [9.17, 15) is 24.3 Å². The zero-order valence-corrected chi connectivity index (χ0v) is 60.6. The lowest BCUT2D eigenvalue weighted by Crippen LogP contribution is -2.43. The molecule has 0 aliphatic heterocycles. The molecule has 0 amide bonds. The molecule has 0 fully saturated rings. The molecule has 3 unspecified atom stereocenters. The SMILES string of the molecule is CCCCCCCCCCCCCCCCCCCCCC(=O)OCC(O)CN(CCCCC(N)C(=O)OC)CC(COC(=O)CCCCCCCCCCCCCCCCCCCCC)OC(=O)CCCCCCCCCCCCCCCCCCCCC. The zero-order chi connectivity index (χ0) is 65.5. The average molecular weight is 1280 g/mol. The molecule has 11 heteroatoms. The predicted molar refractivity (Wildman–Crippen MR) is 382 cm³/mol. The van der Waals surface area contributed by atoms with Gasteiger partial charge in [-0.1, -0.05) is 374 Å². The van der Waals surface area contributed by atoms with E-state index in [0.717, 1.165) is 57.8 Å². The second kappa shape index (κ2) is 72.6. The van der Waals surface area contributed by atoms with Crippen LogP contribution in [0.3, 0.4) is 0 Å². The van der Waals surface area contributed by atoms with E-state index >= 15 is 0 Å². The summed E-state index contributed by atoms with van der Waals surface area (Å²) in [6, 6.07) is -0.728. The monoisotopic (exact) mass is 1280 g/mol. The lowest BCUT2D eigenvalue weighted by molar-refractivity contribution is -0.160. The van der Waals surface area contributed by atoms with Gasteiger partial charge in [-0.05, 0) is 38.6 Å². The zero-order valence-electron chi connectivity index (χ0n) is 60.6. The molecule has 90 heavy (non-hydrogen) atoms. The van der Waals surface area contributed by atoms with Gasteiger partial charge in [0.05, 0.1) is 7.11 Å². The van der Waals surface area contributed by atoms with Crippen LogP contribution in [-0.2, 0) is 38.1 Å². The molecule has 0 rings (SSSR count). The Bertz CT molecular complexity index is 1500. The van der Waals surface area contributed by atoms with Crippen molar-refractivity contribution in [3.05, 3.63) is 0 Å². The molecule has 0 saturated carbocycles. The minimum atomic E-state index is -0.978. The number of esters is 4. The fourth-order valence-electron chi connectivity index (χ4n) is 12.8. The summed E-state index contributed by atoms with van der Waals surface area (Å²) >= 11 is 0. The van der Waals surface area contributed by atoms with Gasteiger partial charge in [0.2, 0.25) is 0 Å². The second-order valence-corrected chi connectivity index (χ2v) is 27.9. The van der Waals surface area contributed by atoms with E-state index in [-0.39, 0.29) is 44.2 Å². The fourth-order valence-corrected chi connectivity index (χ4v) is 12.8. The highest BCUT2D eigenvalue weighted by Gasteiger charge is 2.24. The van der Waals surface area contributed by atoms with Crippen molar-refractivity contribution in [1.82, 2.24) is 4.90 Å². The van der Waals surface area contributed by atoms with Crippen molar-refractivity contribution < 1.29 is 43.2 Å². The van der Waals surface area contributed by atoms with Crippen molar-refractivity contribution in [2.45, 2.75) is 444 Å². The molecular weight excluding hydrogens is 1120 g/mol. The normalized spacial score (nSPS) is 12.6. The first kappa shape index (κ1) is 87.8. The van der Waals surface area contributed by atoms with Gasteiger partial charge in [0, 0.05) is 32.4 Å². The quantitative estimate of drug-likeness (QED) is 0.0340. The van der Waals surface area contributed by atoms with E-state index in [4.69, 9.17) is 24.7 Å². The molecule has 0 saturated heterocycles. The van der Waals surface area contributed by atoms with E-state index < -0.39 is 24.2 Å². The number of aliphatic hydroxyl groups is 1. The van der Waals surface area contributed by atoms with Crippen molar-refractivity contribution in [3.8, 4) is 0 Å². The molecule has 0 radical (unpaired) electrons. The number of rotatable bonds is 75. The minimum absolute atomic E-state index is 0.0723. The van der Waals surface area contributed by atoms with Gasteiger partial charge in [-0.25, -0.2) is 0 Å². The molecule has 3 N–H and O–H groups in total. The lowest BCUT2D eigenvalue weighted by atomic mass is 10.0. The van der Waals surface area contributed by atoms with E-state index in [1.807, 2.05) is 4.90 Å². The maximum Gasteiger partial charge on any atom is 0.322 e. The molecule has 11 nitrogen and oxygen atoms in total. The Labute approximate surface area is 558 Å². The Kier molecular flexibility index (Phi) is 70.8. The lowest BCUT2D eigenvalue weighted by Gasteiger charge is -2.29. The van der Waals surface area contributed by atoms with Gasteiger partial charge in [-0.2, -0.15) is 0 Å². The van der Waals surface area contributed by atoms with Crippen LogP contribution in [0.2, 0.25) is 0 Å². The predicted octanol–water partition coefficient (Wildman–Crippen LogP) is 22.8. The van der Waals surface area contributed by atoms with Crippen molar-refractivity contribution >= 4 is 23.9 Å².